The number of rotatable bonds is 10. The highest BCUT2D eigenvalue weighted by Gasteiger charge is 2.13. The van der Waals surface area contributed by atoms with E-state index in [1.54, 1.807) is 6.20 Å². The maximum absolute atomic E-state index is 6.41. The molecule has 0 saturated carbocycles. The Hall–Kier alpha value is -3.42. The summed E-state index contributed by atoms with van der Waals surface area (Å²) in [5.74, 6) is 2.39. The molecule has 1 aliphatic heterocycles. The third kappa shape index (κ3) is 6.22. The van der Waals surface area contributed by atoms with Crippen LogP contribution in [0.3, 0.4) is 0 Å². The number of H-pyrrole nitrogens is 1. The lowest BCUT2D eigenvalue weighted by atomic mass is 9.95. The number of pyridine rings is 1. The monoisotopic (exact) mass is 485 g/mol. The zero-order valence-electron chi connectivity index (χ0n) is 20.9. The van der Waals surface area contributed by atoms with Crippen molar-refractivity contribution >= 4 is 10.9 Å². The predicted molar refractivity (Wildman–Crippen MR) is 143 cm³/mol. The van der Waals surface area contributed by atoms with Gasteiger partial charge in [-0.25, -0.2) is 0 Å². The van der Waals surface area contributed by atoms with Gasteiger partial charge >= 0.3 is 0 Å². The van der Waals surface area contributed by atoms with Gasteiger partial charge < -0.3 is 20.5 Å². The Bertz CT molecular complexity index is 1280. The number of hydrogen-bond acceptors (Lipinski definition) is 6. The SMILES string of the molecule is Cc1[nH]nc2ccc(-c3cncc(OC[C@@H](N)Cc4cccc(OCCC5CCNCC5)c4)c3)cc12. The highest BCUT2D eigenvalue weighted by atomic mass is 16.5. The van der Waals surface area contributed by atoms with Crippen molar-refractivity contribution < 1.29 is 9.47 Å². The third-order valence-corrected chi connectivity index (χ3v) is 6.91. The maximum Gasteiger partial charge on any atom is 0.138 e. The van der Waals surface area contributed by atoms with Crippen LogP contribution in [-0.4, -0.2) is 47.5 Å². The zero-order valence-corrected chi connectivity index (χ0v) is 20.9. The molecule has 36 heavy (non-hydrogen) atoms. The molecule has 188 valence electrons. The molecule has 1 fully saturated rings. The van der Waals surface area contributed by atoms with E-state index in [4.69, 9.17) is 15.2 Å². The van der Waals surface area contributed by atoms with Gasteiger partial charge in [0.1, 0.15) is 18.1 Å². The quantitative estimate of drug-likeness (QED) is 0.302. The van der Waals surface area contributed by atoms with Gasteiger partial charge in [0.25, 0.3) is 0 Å². The second-order valence-corrected chi connectivity index (χ2v) is 9.74. The number of nitrogens with two attached hydrogens (primary N) is 1. The first kappa shape index (κ1) is 24.3. The Morgan fingerprint density at radius 3 is 2.78 bits per heavy atom. The van der Waals surface area contributed by atoms with Gasteiger partial charge in [0.05, 0.1) is 18.3 Å². The Labute approximate surface area is 212 Å². The van der Waals surface area contributed by atoms with Gasteiger partial charge in [0.2, 0.25) is 0 Å². The van der Waals surface area contributed by atoms with Crippen LogP contribution in [0.15, 0.2) is 60.9 Å². The van der Waals surface area contributed by atoms with Crippen LogP contribution in [0.4, 0.5) is 0 Å². The van der Waals surface area contributed by atoms with E-state index in [1.807, 2.05) is 37.4 Å². The van der Waals surface area contributed by atoms with Crippen LogP contribution in [-0.2, 0) is 6.42 Å². The Kier molecular flexibility index (Phi) is 7.79. The first-order valence-corrected chi connectivity index (χ1v) is 12.8. The van der Waals surface area contributed by atoms with Crippen LogP contribution in [0.1, 0.15) is 30.5 Å². The molecule has 0 bridgehead atoms. The Morgan fingerprint density at radius 2 is 1.89 bits per heavy atom. The third-order valence-electron chi connectivity index (χ3n) is 6.91. The van der Waals surface area contributed by atoms with E-state index in [-0.39, 0.29) is 6.04 Å². The van der Waals surface area contributed by atoms with E-state index >= 15 is 0 Å². The summed E-state index contributed by atoms with van der Waals surface area (Å²) in [5.41, 5.74) is 11.6. The highest BCUT2D eigenvalue weighted by molar-refractivity contribution is 5.86. The highest BCUT2D eigenvalue weighted by Crippen LogP contribution is 2.27. The van der Waals surface area contributed by atoms with Gasteiger partial charge in [0, 0.05) is 28.9 Å². The summed E-state index contributed by atoms with van der Waals surface area (Å²) in [6, 6.07) is 16.3. The molecule has 0 aliphatic carbocycles. The van der Waals surface area contributed by atoms with Gasteiger partial charge in [-0.2, -0.15) is 5.10 Å². The summed E-state index contributed by atoms with van der Waals surface area (Å²) in [4.78, 5) is 4.38. The van der Waals surface area contributed by atoms with E-state index in [0.717, 1.165) is 77.5 Å². The van der Waals surface area contributed by atoms with Gasteiger partial charge in [-0.1, -0.05) is 18.2 Å². The minimum absolute atomic E-state index is 0.136. The van der Waals surface area contributed by atoms with Crippen LogP contribution in [0, 0.1) is 12.8 Å². The number of ether oxygens (including phenoxy) is 2. The molecule has 1 saturated heterocycles. The first-order chi connectivity index (χ1) is 17.6. The van der Waals surface area contributed by atoms with Gasteiger partial charge in [0.15, 0.2) is 0 Å². The number of nitrogens with zero attached hydrogens (tertiary/aromatic N) is 2. The molecule has 1 aliphatic rings. The summed E-state index contributed by atoms with van der Waals surface area (Å²) in [6.07, 6.45) is 7.90. The van der Waals surface area contributed by atoms with Crippen molar-refractivity contribution in [1.82, 2.24) is 20.5 Å². The second kappa shape index (κ2) is 11.5. The lowest BCUT2D eigenvalue weighted by Gasteiger charge is -2.22. The van der Waals surface area contributed by atoms with E-state index in [0.29, 0.717) is 12.4 Å². The number of aryl methyl sites for hydroxylation is 1. The zero-order chi connectivity index (χ0) is 24.7. The normalized spacial score (nSPS) is 15.2. The molecular weight excluding hydrogens is 450 g/mol. The topological polar surface area (TPSA) is 98.1 Å². The fourth-order valence-corrected chi connectivity index (χ4v) is 4.81. The number of benzene rings is 2. The predicted octanol–water partition coefficient (Wildman–Crippen LogP) is 4.65. The van der Waals surface area contributed by atoms with Crippen molar-refractivity contribution in [2.45, 2.75) is 38.6 Å². The van der Waals surface area contributed by atoms with Crippen molar-refractivity contribution in [3.63, 3.8) is 0 Å². The molecule has 5 rings (SSSR count). The fourth-order valence-electron chi connectivity index (χ4n) is 4.81. The smallest absolute Gasteiger partial charge is 0.138 e. The van der Waals surface area contributed by atoms with Crippen molar-refractivity contribution in [3.05, 3.63) is 72.2 Å². The summed E-state index contributed by atoms with van der Waals surface area (Å²) in [6.45, 7) is 5.45. The standard InChI is InChI=1S/C29H35N5O2/c1-20-28-16-23(5-6-29(28)34-33-20)24-15-27(18-32-17-24)36-19-25(30)13-22-3-2-4-26(14-22)35-12-9-21-7-10-31-11-8-21/h2-6,14-18,21,25,31H,7-13,19,30H2,1H3,(H,33,34)/t25-/m0/s1. The lowest BCUT2D eigenvalue weighted by molar-refractivity contribution is 0.251. The van der Waals surface area contributed by atoms with Crippen molar-refractivity contribution in [3.8, 4) is 22.6 Å². The van der Waals surface area contributed by atoms with Gasteiger partial charge in [-0.3, -0.25) is 10.1 Å². The molecule has 0 radical (unpaired) electrons. The molecule has 2 aromatic heterocycles. The van der Waals surface area contributed by atoms with Crippen molar-refractivity contribution in [2.24, 2.45) is 11.7 Å². The van der Waals surface area contributed by atoms with Crippen LogP contribution < -0.4 is 20.5 Å². The van der Waals surface area contributed by atoms with Gasteiger partial charge in [-0.15, -0.1) is 0 Å². The largest absolute Gasteiger partial charge is 0.494 e. The first-order valence-electron chi connectivity index (χ1n) is 12.8. The summed E-state index contributed by atoms with van der Waals surface area (Å²) in [7, 11) is 0. The Balaban J connectivity index is 1.13. The molecule has 1 atom stereocenters. The molecule has 0 amide bonds. The molecule has 7 heteroatoms. The van der Waals surface area contributed by atoms with E-state index < -0.39 is 0 Å². The molecule has 0 spiro atoms. The molecule has 7 nitrogen and oxygen atoms in total. The molecule has 4 N–H and O–H groups in total. The van der Waals surface area contributed by atoms with Crippen LogP contribution in [0.5, 0.6) is 11.5 Å². The minimum atomic E-state index is -0.136. The summed E-state index contributed by atoms with van der Waals surface area (Å²) in [5, 5.41) is 11.9. The second-order valence-electron chi connectivity index (χ2n) is 9.74. The van der Waals surface area contributed by atoms with E-state index in [1.165, 1.54) is 12.8 Å². The summed E-state index contributed by atoms with van der Waals surface area (Å²) < 4.78 is 12.1. The number of fused-ring (bicyclic) bond motifs is 1. The number of nitrogens with one attached hydrogen (secondary N) is 2. The molecular formula is C29H35N5O2. The average Bonchev–Trinajstić information content (AvgIpc) is 3.28. The molecule has 3 heterocycles. The van der Waals surface area contributed by atoms with E-state index in [9.17, 15) is 0 Å². The van der Waals surface area contributed by atoms with Crippen LogP contribution in [0.25, 0.3) is 22.0 Å². The lowest BCUT2D eigenvalue weighted by Crippen LogP contribution is -2.30. The molecule has 0 unspecified atom stereocenters. The number of piperidine rings is 1. The number of aromatic amines is 1. The van der Waals surface area contributed by atoms with Crippen LogP contribution >= 0.6 is 0 Å². The van der Waals surface area contributed by atoms with Crippen molar-refractivity contribution in [1.29, 1.82) is 0 Å². The van der Waals surface area contributed by atoms with Gasteiger partial charge in [-0.05, 0) is 93.1 Å². The molecule has 2 aromatic carbocycles. The number of hydrogen-bond donors (Lipinski definition) is 3. The average molecular weight is 486 g/mol. The maximum atomic E-state index is 6.41. The fraction of sp³-hybridized carbons (Fsp3) is 0.379. The Morgan fingerprint density at radius 1 is 1.00 bits per heavy atom. The molecule has 4 aromatic rings. The number of aromatic nitrogens is 3. The van der Waals surface area contributed by atoms with Crippen molar-refractivity contribution in [2.75, 3.05) is 26.3 Å². The van der Waals surface area contributed by atoms with E-state index in [2.05, 4.69) is 44.8 Å². The minimum Gasteiger partial charge on any atom is -0.494 e. The van der Waals surface area contributed by atoms with Crippen LogP contribution in [0.2, 0.25) is 0 Å². The summed E-state index contributed by atoms with van der Waals surface area (Å²) >= 11 is 0.